The van der Waals surface area contributed by atoms with E-state index in [1.807, 2.05) is 0 Å². The van der Waals surface area contributed by atoms with Gasteiger partial charge in [-0.25, -0.2) is 4.79 Å². The second-order valence-electron chi connectivity index (χ2n) is 5.73. The Bertz CT molecular complexity index is 383. The van der Waals surface area contributed by atoms with Crippen LogP contribution in [0, 0.1) is 5.92 Å². The standard InChI is InChI=1S/C15H24N2O4/c1-2-11-21-15(20)17-9-5-13(6-10-17)16-7-3-12(4-8-16)14(18)19/h2,12-13H,1,3-11H2,(H,18,19). The van der Waals surface area contributed by atoms with Gasteiger partial charge in [0.15, 0.2) is 0 Å². The van der Waals surface area contributed by atoms with E-state index in [4.69, 9.17) is 9.84 Å². The van der Waals surface area contributed by atoms with E-state index in [2.05, 4.69) is 11.5 Å². The summed E-state index contributed by atoms with van der Waals surface area (Å²) in [6.07, 6.45) is 4.63. The van der Waals surface area contributed by atoms with Crippen LogP contribution in [0.25, 0.3) is 0 Å². The molecule has 1 N–H and O–H groups in total. The number of likely N-dealkylation sites (tertiary alicyclic amines) is 2. The molecule has 0 aromatic heterocycles. The van der Waals surface area contributed by atoms with E-state index in [-0.39, 0.29) is 18.6 Å². The molecule has 0 bridgehead atoms. The lowest BCUT2D eigenvalue weighted by atomic mass is 9.94. The van der Waals surface area contributed by atoms with Gasteiger partial charge in [-0.15, -0.1) is 0 Å². The lowest BCUT2D eigenvalue weighted by Gasteiger charge is -2.40. The average molecular weight is 296 g/mol. The van der Waals surface area contributed by atoms with Gasteiger partial charge >= 0.3 is 12.1 Å². The fourth-order valence-electron chi connectivity index (χ4n) is 3.15. The summed E-state index contributed by atoms with van der Waals surface area (Å²) in [5.41, 5.74) is 0. The van der Waals surface area contributed by atoms with Gasteiger partial charge in [-0.2, -0.15) is 0 Å². The van der Waals surface area contributed by atoms with E-state index in [1.165, 1.54) is 0 Å². The summed E-state index contributed by atoms with van der Waals surface area (Å²) in [5, 5.41) is 9.02. The van der Waals surface area contributed by atoms with E-state index in [1.54, 1.807) is 11.0 Å². The molecule has 0 saturated carbocycles. The topological polar surface area (TPSA) is 70.1 Å². The molecule has 21 heavy (non-hydrogen) atoms. The number of rotatable bonds is 4. The van der Waals surface area contributed by atoms with Crippen LogP contribution >= 0.6 is 0 Å². The van der Waals surface area contributed by atoms with Gasteiger partial charge in [-0.05, 0) is 38.8 Å². The highest BCUT2D eigenvalue weighted by molar-refractivity contribution is 5.70. The zero-order chi connectivity index (χ0) is 15.2. The van der Waals surface area contributed by atoms with E-state index in [0.717, 1.165) is 38.8 Å². The Morgan fingerprint density at radius 2 is 1.76 bits per heavy atom. The molecule has 0 unspecified atom stereocenters. The van der Waals surface area contributed by atoms with Crippen molar-refractivity contribution >= 4 is 12.1 Å². The molecule has 1 amide bonds. The zero-order valence-corrected chi connectivity index (χ0v) is 12.4. The number of aliphatic carboxylic acids is 1. The maximum Gasteiger partial charge on any atom is 0.410 e. The fourth-order valence-corrected chi connectivity index (χ4v) is 3.15. The van der Waals surface area contributed by atoms with Crippen LogP contribution in [0.4, 0.5) is 4.79 Å². The first-order chi connectivity index (χ1) is 10.1. The summed E-state index contributed by atoms with van der Waals surface area (Å²) in [6, 6.07) is 0.461. The summed E-state index contributed by atoms with van der Waals surface area (Å²) in [7, 11) is 0. The first-order valence-corrected chi connectivity index (χ1v) is 7.61. The summed E-state index contributed by atoms with van der Waals surface area (Å²) in [6.45, 7) is 6.89. The molecule has 2 heterocycles. The van der Waals surface area contributed by atoms with E-state index in [0.29, 0.717) is 19.1 Å². The molecule has 0 atom stereocenters. The smallest absolute Gasteiger partial charge is 0.410 e. The lowest BCUT2D eigenvalue weighted by molar-refractivity contribution is -0.143. The van der Waals surface area contributed by atoms with Crippen molar-refractivity contribution in [3.63, 3.8) is 0 Å². The van der Waals surface area contributed by atoms with Crippen LogP contribution in [-0.4, -0.2) is 65.8 Å². The average Bonchev–Trinajstić information content (AvgIpc) is 2.53. The van der Waals surface area contributed by atoms with Crippen molar-refractivity contribution in [3.8, 4) is 0 Å². The van der Waals surface area contributed by atoms with E-state index < -0.39 is 5.97 Å². The summed E-state index contributed by atoms with van der Waals surface area (Å²) >= 11 is 0. The van der Waals surface area contributed by atoms with Crippen molar-refractivity contribution < 1.29 is 19.4 Å². The number of hydrogen-bond acceptors (Lipinski definition) is 4. The van der Waals surface area contributed by atoms with Crippen LogP contribution in [0.15, 0.2) is 12.7 Å². The molecule has 2 saturated heterocycles. The number of piperidine rings is 2. The number of amides is 1. The first-order valence-electron chi connectivity index (χ1n) is 7.61. The van der Waals surface area contributed by atoms with Crippen LogP contribution in [0.1, 0.15) is 25.7 Å². The normalized spacial score (nSPS) is 22.0. The summed E-state index contributed by atoms with van der Waals surface area (Å²) in [4.78, 5) is 26.8. The minimum atomic E-state index is -0.672. The second kappa shape index (κ2) is 7.45. The van der Waals surface area contributed by atoms with Crippen molar-refractivity contribution in [2.24, 2.45) is 5.92 Å². The minimum Gasteiger partial charge on any atom is -0.481 e. The highest BCUT2D eigenvalue weighted by Crippen LogP contribution is 2.24. The Morgan fingerprint density at radius 3 is 2.29 bits per heavy atom. The summed E-state index contributed by atoms with van der Waals surface area (Å²) in [5.74, 6) is -0.857. The number of nitrogens with zero attached hydrogens (tertiary/aromatic N) is 2. The number of carboxylic acid groups (broad SMARTS) is 1. The van der Waals surface area contributed by atoms with Gasteiger partial charge in [0.2, 0.25) is 0 Å². The number of carboxylic acids is 1. The molecule has 6 heteroatoms. The van der Waals surface area contributed by atoms with Crippen molar-refractivity contribution in [1.82, 2.24) is 9.80 Å². The van der Waals surface area contributed by atoms with Crippen molar-refractivity contribution in [1.29, 1.82) is 0 Å². The van der Waals surface area contributed by atoms with Crippen LogP contribution < -0.4 is 0 Å². The van der Waals surface area contributed by atoms with Crippen LogP contribution in [0.5, 0.6) is 0 Å². The Labute approximate surface area is 125 Å². The highest BCUT2D eigenvalue weighted by Gasteiger charge is 2.31. The van der Waals surface area contributed by atoms with Crippen molar-refractivity contribution in [2.45, 2.75) is 31.7 Å². The molecule has 0 spiro atoms. The predicted octanol–water partition coefficient (Wildman–Crippen LogP) is 1.57. The molecule has 6 nitrogen and oxygen atoms in total. The third kappa shape index (κ3) is 4.20. The molecule has 118 valence electrons. The lowest BCUT2D eigenvalue weighted by Crippen LogP contribution is -2.49. The molecule has 0 aromatic carbocycles. The molecule has 2 aliphatic rings. The highest BCUT2D eigenvalue weighted by atomic mass is 16.6. The van der Waals surface area contributed by atoms with Crippen LogP contribution in [0.3, 0.4) is 0 Å². The van der Waals surface area contributed by atoms with Gasteiger partial charge < -0.3 is 19.6 Å². The van der Waals surface area contributed by atoms with Gasteiger partial charge in [0.25, 0.3) is 0 Å². The monoisotopic (exact) mass is 296 g/mol. The first kappa shape index (κ1) is 15.8. The van der Waals surface area contributed by atoms with Gasteiger partial charge in [-0.1, -0.05) is 12.7 Å². The van der Waals surface area contributed by atoms with E-state index in [9.17, 15) is 9.59 Å². The van der Waals surface area contributed by atoms with Gasteiger partial charge in [0.1, 0.15) is 6.61 Å². The number of carbonyl (C=O) groups is 2. The Morgan fingerprint density at radius 1 is 1.14 bits per heavy atom. The SMILES string of the molecule is C=CCOC(=O)N1CCC(N2CCC(C(=O)O)CC2)CC1. The minimum absolute atomic E-state index is 0.185. The molecular formula is C15H24N2O4. The number of ether oxygens (including phenoxy) is 1. The molecule has 0 aromatic rings. The number of hydrogen-bond donors (Lipinski definition) is 1. The Hall–Kier alpha value is -1.56. The molecule has 2 aliphatic heterocycles. The second-order valence-corrected chi connectivity index (χ2v) is 5.73. The van der Waals surface area contributed by atoms with Crippen molar-refractivity contribution in [3.05, 3.63) is 12.7 Å². The fraction of sp³-hybridized carbons (Fsp3) is 0.733. The van der Waals surface area contributed by atoms with Gasteiger partial charge in [0, 0.05) is 19.1 Å². The Kier molecular flexibility index (Phi) is 5.61. The van der Waals surface area contributed by atoms with Gasteiger partial charge in [0.05, 0.1) is 5.92 Å². The molecule has 0 aliphatic carbocycles. The molecular weight excluding hydrogens is 272 g/mol. The molecule has 0 radical (unpaired) electrons. The quantitative estimate of drug-likeness (QED) is 0.797. The molecule has 2 rings (SSSR count). The van der Waals surface area contributed by atoms with E-state index >= 15 is 0 Å². The Balaban J connectivity index is 1.73. The summed E-state index contributed by atoms with van der Waals surface area (Å²) < 4.78 is 5.04. The third-order valence-electron chi connectivity index (χ3n) is 4.44. The maximum atomic E-state index is 11.7. The molecule has 2 fully saturated rings. The largest absolute Gasteiger partial charge is 0.481 e. The number of carbonyl (C=O) groups excluding carboxylic acids is 1. The zero-order valence-electron chi connectivity index (χ0n) is 12.4. The maximum absolute atomic E-state index is 11.7. The third-order valence-corrected chi connectivity index (χ3v) is 4.44. The van der Waals surface area contributed by atoms with Crippen molar-refractivity contribution in [2.75, 3.05) is 32.8 Å². The van der Waals surface area contributed by atoms with Crippen LogP contribution in [0.2, 0.25) is 0 Å². The van der Waals surface area contributed by atoms with Gasteiger partial charge in [-0.3, -0.25) is 4.79 Å². The van der Waals surface area contributed by atoms with Crippen LogP contribution in [-0.2, 0) is 9.53 Å². The predicted molar refractivity (Wildman–Crippen MR) is 78.1 cm³/mol.